The Balaban J connectivity index is 1.51. The number of benzene rings is 3. The Morgan fingerprint density at radius 3 is 1.88 bits per heavy atom. The maximum atomic E-state index is 14.8. The van der Waals surface area contributed by atoms with Gasteiger partial charge in [-0.15, -0.1) is 0 Å². The number of carbonyl (C=O) groups excluding carboxylic acids is 1. The average molecular weight is 820 g/mol. The largest absolute Gasteiger partial charge is 0.444 e. The molecule has 1 aliphatic rings. The van der Waals surface area contributed by atoms with Crippen molar-refractivity contribution in [2.24, 2.45) is 5.11 Å². The fourth-order valence-corrected chi connectivity index (χ4v) is 14.4. The van der Waals surface area contributed by atoms with Crippen molar-refractivity contribution in [1.82, 2.24) is 19.9 Å². The highest BCUT2D eigenvalue weighted by molar-refractivity contribution is 6.77. The van der Waals surface area contributed by atoms with Gasteiger partial charge in [-0.05, 0) is 64.7 Å². The molecule has 1 aliphatic heterocycles. The minimum Gasteiger partial charge on any atom is -0.444 e. The van der Waals surface area contributed by atoms with E-state index in [1.807, 2.05) is 91.0 Å². The van der Waals surface area contributed by atoms with Gasteiger partial charge in [0.25, 0.3) is 0 Å². The van der Waals surface area contributed by atoms with Gasteiger partial charge >= 0.3 is 6.09 Å². The number of nitrogens with zero attached hydrogens (tertiary/aromatic N) is 6. The summed E-state index contributed by atoms with van der Waals surface area (Å²) < 4.78 is 27.0. The van der Waals surface area contributed by atoms with E-state index >= 15 is 0 Å². The number of aliphatic hydroxyl groups excluding tert-OH is 1. The zero-order valence-electron chi connectivity index (χ0n) is 35.4. The number of rotatable bonds is 15. The number of carbonyl (C=O) groups is 1. The number of aromatic amines is 1. The number of hydrogen-bond acceptors (Lipinski definition) is 9. The summed E-state index contributed by atoms with van der Waals surface area (Å²) in [6, 6.07) is 27.8. The standard InChI is InChI=1S/C45H57N7O6Si/c1-29(2)59(30(3)4,31(5)6)57-28-55-41-39(35-25-47-38-37(35)48-27-49-42(38)50-51-46)52(43(54)58-44(7,8)9)36(40(41)53)26-56-45(32-19-13-10-14-20-32,33-21-15-11-16-22-33)34-23-17-12-18-24-34/h10-25,27,29-31,36,39-41,47,53H,26,28H2,1-9H3/t36-,39+,40-,41+/m1/s1. The number of hydrogen-bond donors (Lipinski definition) is 2. The zero-order valence-corrected chi connectivity index (χ0v) is 36.4. The van der Waals surface area contributed by atoms with Gasteiger partial charge in [0.1, 0.15) is 36.5 Å². The molecule has 59 heavy (non-hydrogen) atoms. The van der Waals surface area contributed by atoms with Crippen molar-refractivity contribution < 1.29 is 28.5 Å². The van der Waals surface area contributed by atoms with Gasteiger partial charge in [0, 0.05) is 16.7 Å². The molecule has 14 heteroatoms. The Morgan fingerprint density at radius 2 is 1.41 bits per heavy atom. The second-order valence-electron chi connectivity index (χ2n) is 17.0. The molecular weight excluding hydrogens is 763 g/mol. The van der Waals surface area contributed by atoms with Crippen molar-refractivity contribution in [2.75, 3.05) is 13.4 Å². The number of amides is 1. The van der Waals surface area contributed by atoms with Crippen LogP contribution >= 0.6 is 0 Å². The molecule has 0 aliphatic carbocycles. The van der Waals surface area contributed by atoms with E-state index in [9.17, 15) is 15.4 Å². The van der Waals surface area contributed by atoms with Crippen LogP contribution in [0.1, 0.15) is 90.6 Å². The van der Waals surface area contributed by atoms with Crippen LogP contribution in [-0.2, 0) is 24.2 Å². The minimum absolute atomic E-state index is 0.0896. The fourth-order valence-electron chi connectivity index (χ4n) is 9.18. The first-order valence-corrected chi connectivity index (χ1v) is 22.4. The van der Waals surface area contributed by atoms with Crippen molar-refractivity contribution in [2.45, 2.75) is 114 Å². The number of nitrogens with one attached hydrogen (secondary N) is 1. The lowest BCUT2D eigenvalue weighted by atomic mass is 9.80. The molecule has 0 spiro atoms. The van der Waals surface area contributed by atoms with E-state index in [2.05, 4.69) is 66.5 Å². The third-order valence-corrected chi connectivity index (χ3v) is 17.6. The summed E-state index contributed by atoms with van der Waals surface area (Å²) in [4.78, 5) is 31.1. The highest BCUT2D eigenvalue weighted by Crippen LogP contribution is 2.47. The van der Waals surface area contributed by atoms with Gasteiger partial charge in [0.2, 0.25) is 8.32 Å². The molecule has 2 N–H and O–H groups in total. The quantitative estimate of drug-likeness (QED) is 0.0263. The van der Waals surface area contributed by atoms with Crippen LogP contribution in [0.15, 0.2) is 109 Å². The van der Waals surface area contributed by atoms with Crippen LogP contribution in [0.5, 0.6) is 0 Å². The number of fused-ring (bicyclic) bond motifs is 1. The van der Waals surface area contributed by atoms with Crippen molar-refractivity contribution in [3.05, 3.63) is 136 Å². The number of aliphatic hydroxyl groups is 1. The summed E-state index contributed by atoms with van der Waals surface area (Å²) in [5.41, 5.74) is 12.0. The van der Waals surface area contributed by atoms with Gasteiger partial charge in [-0.25, -0.2) is 14.8 Å². The summed E-state index contributed by atoms with van der Waals surface area (Å²) in [5, 5.41) is 16.5. The van der Waals surface area contributed by atoms with Crippen molar-refractivity contribution in [3.63, 3.8) is 0 Å². The van der Waals surface area contributed by atoms with Gasteiger partial charge in [-0.3, -0.25) is 4.90 Å². The molecule has 6 rings (SSSR count). The molecule has 312 valence electrons. The lowest BCUT2D eigenvalue weighted by Gasteiger charge is -2.42. The Kier molecular flexibility index (Phi) is 13.3. The molecule has 3 heterocycles. The van der Waals surface area contributed by atoms with Crippen LogP contribution in [0.25, 0.3) is 21.5 Å². The van der Waals surface area contributed by atoms with Crippen LogP contribution in [0.4, 0.5) is 10.6 Å². The van der Waals surface area contributed by atoms with E-state index < -0.39 is 49.9 Å². The van der Waals surface area contributed by atoms with E-state index in [-0.39, 0.29) is 35.8 Å². The summed E-state index contributed by atoms with van der Waals surface area (Å²) >= 11 is 0. The molecule has 3 aromatic carbocycles. The number of azide groups is 1. The summed E-state index contributed by atoms with van der Waals surface area (Å²) in [5.74, 6) is 0.0896. The predicted molar refractivity (Wildman–Crippen MR) is 230 cm³/mol. The van der Waals surface area contributed by atoms with E-state index in [1.54, 1.807) is 27.0 Å². The number of H-pyrrole nitrogens is 1. The van der Waals surface area contributed by atoms with Gasteiger partial charge < -0.3 is 28.7 Å². The molecule has 1 saturated heterocycles. The Morgan fingerprint density at radius 1 is 0.881 bits per heavy atom. The molecule has 1 fully saturated rings. The molecule has 5 aromatic rings. The normalized spacial score (nSPS) is 18.8. The SMILES string of the molecule is CC(C)[Si](OCO[C@@H]1[C@H](O)[C@@H](COC(c2ccccc2)(c2ccccc2)c2ccccc2)N(C(=O)OC(C)(C)C)[C@H]1c1c[nH]c2c(N=[N+]=[N-])ncnc12)(C(C)C)C(C)C. The molecule has 2 aromatic heterocycles. The third kappa shape index (κ3) is 8.52. The third-order valence-electron chi connectivity index (χ3n) is 11.5. The van der Waals surface area contributed by atoms with E-state index in [0.717, 1.165) is 16.7 Å². The van der Waals surface area contributed by atoms with Gasteiger partial charge in [0.05, 0.1) is 29.7 Å². The number of likely N-dealkylation sites (tertiary alicyclic amines) is 1. The van der Waals surface area contributed by atoms with E-state index in [0.29, 0.717) is 16.6 Å². The van der Waals surface area contributed by atoms with Crippen molar-refractivity contribution in [1.29, 1.82) is 0 Å². The molecule has 0 unspecified atom stereocenters. The van der Waals surface area contributed by atoms with Crippen LogP contribution in [-0.4, -0.2) is 76.6 Å². The Labute approximate surface area is 347 Å². The average Bonchev–Trinajstić information content (AvgIpc) is 3.75. The molecule has 0 saturated carbocycles. The summed E-state index contributed by atoms with van der Waals surface area (Å²) in [7, 11) is -2.42. The topological polar surface area (TPSA) is 168 Å². The second kappa shape index (κ2) is 18.0. The molecular formula is C45H57N7O6Si. The van der Waals surface area contributed by atoms with Crippen LogP contribution in [0.2, 0.25) is 16.6 Å². The van der Waals surface area contributed by atoms with Crippen molar-refractivity contribution >= 4 is 31.3 Å². The Bertz CT molecular complexity index is 2090. The Hall–Kier alpha value is -5.08. The van der Waals surface area contributed by atoms with E-state index in [4.69, 9.17) is 18.6 Å². The van der Waals surface area contributed by atoms with E-state index in [1.165, 1.54) is 11.2 Å². The van der Waals surface area contributed by atoms with Crippen LogP contribution in [0.3, 0.4) is 0 Å². The fraction of sp³-hybridized carbons (Fsp3) is 0.444. The first kappa shape index (κ1) is 43.5. The van der Waals surface area contributed by atoms with Crippen LogP contribution in [0, 0.1) is 0 Å². The number of aromatic nitrogens is 3. The highest BCUT2D eigenvalue weighted by atomic mass is 28.4. The maximum Gasteiger partial charge on any atom is 0.411 e. The minimum atomic E-state index is -2.42. The zero-order chi connectivity index (χ0) is 42.5. The first-order valence-electron chi connectivity index (χ1n) is 20.3. The lowest BCUT2D eigenvalue weighted by molar-refractivity contribution is -0.0957. The van der Waals surface area contributed by atoms with Crippen LogP contribution < -0.4 is 0 Å². The smallest absolute Gasteiger partial charge is 0.411 e. The lowest BCUT2D eigenvalue weighted by Crippen LogP contribution is -2.49. The molecule has 4 atom stereocenters. The van der Waals surface area contributed by atoms with Gasteiger partial charge in [-0.1, -0.05) is 133 Å². The summed E-state index contributed by atoms with van der Waals surface area (Å²) in [6.45, 7) is 18.3. The molecule has 1 amide bonds. The molecule has 0 radical (unpaired) electrons. The predicted octanol–water partition coefficient (Wildman–Crippen LogP) is 10.5. The first-order chi connectivity index (χ1) is 28.2. The molecule has 13 nitrogen and oxygen atoms in total. The summed E-state index contributed by atoms with van der Waals surface area (Å²) in [6.07, 6.45) is -0.0316. The number of ether oxygens (including phenoxy) is 3. The monoisotopic (exact) mass is 819 g/mol. The van der Waals surface area contributed by atoms with Crippen molar-refractivity contribution in [3.8, 4) is 0 Å². The van der Waals surface area contributed by atoms with Gasteiger partial charge in [-0.2, -0.15) is 0 Å². The van der Waals surface area contributed by atoms with Gasteiger partial charge in [0.15, 0.2) is 5.82 Å². The highest BCUT2D eigenvalue weighted by Gasteiger charge is 2.55. The molecule has 0 bridgehead atoms. The second-order valence-corrected chi connectivity index (χ2v) is 22.5. The maximum absolute atomic E-state index is 14.8.